The Hall–Kier alpha value is -1.51. The zero-order valence-electron chi connectivity index (χ0n) is 11.9. The molecule has 0 heterocycles. The molecule has 3 heteroatoms. The molecule has 1 saturated carbocycles. The van der Waals surface area contributed by atoms with Gasteiger partial charge in [0.15, 0.2) is 0 Å². The van der Waals surface area contributed by atoms with Gasteiger partial charge in [-0.3, -0.25) is 0 Å². The highest BCUT2D eigenvalue weighted by Gasteiger charge is 2.16. The SMILES string of the molecule is CC(C)c1ccccc1CNC(=O)NC1CCCC1. The molecule has 1 aromatic carbocycles. The van der Waals surface area contributed by atoms with Crippen molar-refractivity contribution in [3.8, 4) is 0 Å². The normalized spacial score (nSPS) is 15.7. The quantitative estimate of drug-likeness (QED) is 0.854. The van der Waals surface area contributed by atoms with E-state index in [1.165, 1.54) is 24.0 Å². The van der Waals surface area contributed by atoms with Crippen LogP contribution in [-0.4, -0.2) is 12.1 Å². The van der Waals surface area contributed by atoms with Crippen LogP contribution in [0.1, 0.15) is 56.6 Å². The Balaban J connectivity index is 1.86. The maximum atomic E-state index is 11.8. The second kappa shape index (κ2) is 6.60. The van der Waals surface area contributed by atoms with Gasteiger partial charge in [0, 0.05) is 12.6 Å². The molecule has 0 bridgehead atoms. The lowest BCUT2D eigenvalue weighted by Gasteiger charge is -2.15. The van der Waals surface area contributed by atoms with E-state index in [-0.39, 0.29) is 6.03 Å². The van der Waals surface area contributed by atoms with Gasteiger partial charge in [0.1, 0.15) is 0 Å². The minimum Gasteiger partial charge on any atom is -0.335 e. The van der Waals surface area contributed by atoms with E-state index in [4.69, 9.17) is 0 Å². The second-order valence-electron chi connectivity index (χ2n) is 5.66. The Labute approximate surface area is 115 Å². The molecule has 0 atom stereocenters. The topological polar surface area (TPSA) is 41.1 Å². The fourth-order valence-corrected chi connectivity index (χ4v) is 2.74. The molecule has 1 aliphatic carbocycles. The highest BCUT2D eigenvalue weighted by atomic mass is 16.2. The lowest BCUT2D eigenvalue weighted by atomic mass is 9.97. The van der Waals surface area contributed by atoms with Crippen LogP contribution in [0.2, 0.25) is 0 Å². The summed E-state index contributed by atoms with van der Waals surface area (Å²) in [6.07, 6.45) is 4.72. The Morgan fingerprint density at radius 1 is 1.26 bits per heavy atom. The van der Waals surface area contributed by atoms with Crippen molar-refractivity contribution < 1.29 is 4.79 Å². The number of carbonyl (C=O) groups is 1. The summed E-state index contributed by atoms with van der Waals surface area (Å²) in [5.41, 5.74) is 2.52. The summed E-state index contributed by atoms with van der Waals surface area (Å²) in [5.74, 6) is 0.482. The van der Waals surface area contributed by atoms with E-state index in [0.717, 1.165) is 12.8 Å². The number of carbonyl (C=O) groups excluding carboxylic acids is 1. The number of rotatable bonds is 4. The summed E-state index contributed by atoms with van der Waals surface area (Å²) in [7, 11) is 0. The predicted molar refractivity (Wildman–Crippen MR) is 78.2 cm³/mol. The van der Waals surface area contributed by atoms with E-state index in [1.54, 1.807) is 0 Å². The molecule has 1 fully saturated rings. The molecular weight excluding hydrogens is 236 g/mol. The third-order valence-electron chi connectivity index (χ3n) is 3.81. The first-order valence-corrected chi connectivity index (χ1v) is 7.29. The molecule has 1 aromatic rings. The zero-order valence-corrected chi connectivity index (χ0v) is 11.9. The van der Waals surface area contributed by atoms with Gasteiger partial charge in [0.25, 0.3) is 0 Å². The Morgan fingerprint density at radius 3 is 2.63 bits per heavy atom. The molecule has 2 rings (SSSR count). The Kier molecular flexibility index (Phi) is 4.83. The van der Waals surface area contributed by atoms with Crippen LogP contribution in [0.25, 0.3) is 0 Å². The average Bonchev–Trinajstić information content (AvgIpc) is 2.89. The van der Waals surface area contributed by atoms with E-state index in [1.807, 2.05) is 6.07 Å². The van der Waals surface area contributed by atoms with Gasteiger partial charge in [-0.2, -0.15) is 0 Å². The molecule has 0 aromatic heterocycles. The molecule has 0 radical (unpaired) electrons. The van der Waals surface area contributed by atoms with Crippen LogP contribution in [0.3, 0.4) is 0 Å². The van der Waals surface area contributed by atoms with Crippen molar-refractivity contribution in [3.63, 3.8) is 0 Å². The predicted octanol–water partition coefficient (Wildman–Crippen LogP) is 3.55. The molecule has 104 valence electrons. The first kappa shape index (κ1) is 13.9. The number of hydrogen-bond acceptors (Lipinski definition) is 1. The number of hydrogen-bond donors (Lipinski definition) is 2. The lowest BCUT2D eigenvalue weighted by molar-refractivity contribution is 0.236. The van der Waals surface area contributed by atoms with Crippen LogP contribution in [0.4, 0.5) is 4.79 Å². The second-order valence-corrected chi connectivity index (χ2v) is 5.66. The van der Waals surface area contributed by atoms with Crippen LogP contribution in [0, 0.1) is 0 Å². The van der Waals surface area contributed by atoms with Crippen LogP contribution in [-0.2, 0) is 6.54 Å². The molecule has 19 heavy (non-hydrogen) atoms. The first-order chi connectivity index (χ1) is 9.16. The minimum atomic E-state index is -0.0366. The molecule has 0 aliphatic heterocycles. The maximum absolute atomic E-state index is 11.8. The summed E-state index contributed by atoms with van der Waals surface area (Å²) >= 11 is 0. The van der Waals surface area contributed by atoms with E-state index < -0.39 is 0 Å². The van der Waals surface area contributed by atoms with Crippen molar-refractivity contribution in [2.75, 3.05) is 0 Å². The van der Waals surface area contributed by atoms with Crippen molar-refractivity contribution in [2.45, 2.75) is 58.0 Å². The van der Waals surface area contributed by atoms with Gasteiger partial charge < -0.3 is 10.6 Å². The highest BCUT2D eigenvalue weighted by molar-refractivity contribution is 5.74. The summed E-state index contributed by atoms with van der Waals surface area (Å²) in [5, 5.41) is 6.02. The third-order valence-corrected chi connectivity index (χ3v) is 3.81. The largest absolute Gasteiger partial charge is 0.335 e. The number of amides is 2. The summed E-state index contributed by atoms with van der Waals surface area (Å²) in [6.45, 7) is 4.96. The fourth-order valence-electron chi connectivity index (χ4n) is 2.74. The van der Waals surface area contributed by atoms with Gasteiger partial charge >= 0.3 is 6.03 Å². The minimum absolute atomic E-state index is 0.0366. The molecule has 0 unspecified atom stereocenters. The lowest BCUT2D eigenvalue weighted by Crippen LogP contribution is -2.40. The number of benzene rings is 1. The van der Waals surface area contributed by atoms with E-state index in [9.17, 15) is 4.79 Å². The molecule has 2 N–H and O–H groups in total. The molecule has 2 amide bonds. The molecule has 3 nitrogen and oxygen atoms in total. The van der Waals surface area contributed by atoms with Gasteiger partial charge in [-0.1, -0.05) is 51.0 Å². The van der Waals surface area contributed by atoms with Gasteiger partial charge in [-0.15, -0.1) is 0 Å². The van der Waals surface area contributed by atoms with Gasteiger partial charge in [-0.05, 0) is 29.9 Å². The van der Waals surface area contributed by atoms with E-state index in [2.05, 4.69) is 42.7 Å². The zero-order chi connectivity index (χ0) is 13.7. The highest BCUT2D eigenvalue weighted by Crippen LogP contribution is 2.19. The van der Waals surface area contributed by atoms with Gasteiger partial charge in [0.2, 0.25) is 0 Å². The van der Waals surface area contributed by atoms with Gasteiger partial charge in [-0.25, -0.2) is 4.79 Å². The standard InChI is InChI=1S/C16H24N2O/c1-12(2)15-10-6-3-7-13(15)11-17-16(19)18-14-8-4-5-9-14/h3,6-7,10,12,14H,4-5,8-9,11H2,1-2H3,(H2,17,18,19). The smallest absolute Gasteiger partial charge is 0.315 e. The van der Waals surface area contributed by atoms with Crippen molar-refractivity contribution in [3.05, 3.63) is 35.4 Å². The maximum Gasteiger partial charge on any atom is 0.315 e. The van der Waals surface area contributed by atoms with Crippen LogP contribution in [0.5, 0.6) is 0 Å². The molecule has 0 spiro atoms. The molecular formula is C16H24N2O. The van der Waals surface area contributed by atoms with Crippen molar-refractivity contribution >= 4 is 6.03 Å². The van der Waals surface area contributed by atoms with Crippen LogP contribution < -0.4 is 10.6 Å². The van der Waals surface area contributed by atoms with Crippen molar-refractivity contribution in [1.29, 1.82) is 0 Å². The van der Waals surface area contributed by atoms with Crippen molar-refractivity contribution in [1.82, 2.24) is 10.6 Å². The number of nitrogens with one attached hydrogen (secondary N) is 2. The average molecular weight is 260 g/mol. The van der Waals surface area contributed by atoms with Crippen molar-refractivity contribution in [2.24, 2.45) is 0 Å². The van der Waals surface area contributed by atoms with Gasteiger partial charge in [0.05, 0.1) is 0 Å². The summed E-state index contributed by atoms with van der Waals surface area (Å²) in [4.78, 5) is 11.8. The number of urea groups is 1. The fraction of sp³-hybridized carbons (Fsp3) is 0.562. The Morgan fingerprint density at radius 2 is 1.95 bits per heavy atom. The third kappa shape index (κ3) is 3.98. The Bertz CT molecular complexity index is 423. The first-order valence-electron chi connectivity index (χ1n) is 7.29. The monoisotopic (exact) mass is 260 g/mol. The van der Waals surface area contributed by atoms with Crippen LogP contribution in [0.15, 0.2) is 24.3 Å². The molecule has 0 saturated heterocycles. The van der Waals surface area contributed by atoms with E-state index in [0.29, 0.717) is 18.5 Å². The molecule has 1 aliphatic rings. The van der Waals surface area contributed by atoms with E-state index >= 15 is 0 Å². The summed E-state index contributed by atoms with van der Waals surface area (Å²) in [6, 6.07) is 8.64. The van der Waals surface area contributed by atoms with Crippen LogP contribution >= 0.6 is 0 Å². The summed E-state index contributed by atoms with van der Waals surface area (Å²) < 4.78 is 0.